The minimum absolute atomic E-state index is 0.0976. The first kappa shape index (κ1) is 19.8. The van der Waals surface area contributed by atoms with Gasteiger partial charge in [0.25, 0.3) is 11.8 Å². The van der Waals surface area contributed by atoms with Crippen LogP contribution in [0.15, 0.2) is 48.2 Å². The molecule has 0 atom stereocenters. The summed E-state index contributed by atoms with van der Waals surface area (Å²) in [5.74, 6) is -0.617. The van der Waals surface area contributed by atoms with Gasteiger partial charge < -0.3 is 10.0 Å². The third-order valence-electron chi connectivity index (χ3n) is 5.07. The zero-order valence-corrected chi connectivity index (χ0v) is 16.8. The zero-order valence-electron chi connectivity index (χ0n) is 16.8. The van der Waals surface area contributed by atoms with E-state index in [-0.39, 0.29) is 31.5 Å². The highest BCUT2D eigenvalue weighted by Crippen LogP contribution is 2.33. The standard InChI is InChI=1S/C23H26N2O3/c1-15-5-8-18(9-6-15)14-25-22(27)20(19-10-7-16(2)13-17(19)3)21(23(25)28)24(4)11-12-26/h5-10,13,26H,11-12,14H2,1-4H3. The Morgan fingerprint density at radius 3 is 2.18 bits per heavy atom. The van der Waals surface area contributed by atoms with Crippen LogP contribution in [-0.4, -0.2) is 46.9 Å². The van der Waals surface area contributed by atoms with Gasteiger partial charge in [0, 0.05) is 13.6 Å². The number of amides is 2. The number of carbonyl (C=O) groups is 2. The second-order valence-corrected chi connectivity index (χ2v) is 7.37. The molecule has 2 amide bonds. The van der Waals surface area contributed by atoms with Gasteiger partial charge in [-0.3, -0.25) is 14.5 Å². The van der Waals surface area contributed by atoms with E-state index in [2.05, 4.69) is 0 Å². The fourth-order valence-corrected chi connectivity index (χ4v) is 3.54. The van der Waals surface area contributed by atoms with Crippen molar-refractivity contribution in [3.05, 3.63) is 76.0 Å². The van der Waals surface area contributed by atoms with Gasteiger partial charge in [-0.2, -0.15) is 0 Å². The molecule has 5 heteroatoms. The van der Waals surface area contributed by atoms with Crippen molar-refractivity contribution in [1.29, 1.82) is 0 Å². The van der Waals surface area contributed by atoms with E-state index in [1.807, 2.05) is 63.2 Å². The lowest BCUT2D eigenvalue weighted by Gasteiger charge is -2.20. The molecule has 146 valence electrons. The number of likely N-dealkylation sites (N-methyl/N-ethyl adjacent to an activating group) is 1. The van der Waals surface area contributed by atoms with Gasteiger partial charge in [0.15, 0.2) is 0 Å². The van der Waals surface area contributed by atoms with E-state index >= 15 is 0 Å². The Morgan fingerprint density at radius 1 is 0.929 bits per heavy atom. The van der Waals surface area contributed by atoms with E-state index in [0.717, 1.165) is 27.8 Å². The summed E-state index contributed by atoms with van der Waals surface area (Å²) in [4.78, 5) is 29.5. The quantitative estimate of drug-likeness (QED) is 0.786. The average molecular weight is 378 g/mol. The molecule has 0 radical (unpaired) electrons. The number of nitrogens with zero attached hydrogens (tertiary/aromatic N) is 2. The number of aliphatic hydroxyl groups is 1. The Morgan fingerprint density at radius 2 is 1.57 bits per heavy atom. The summed E-state index contributed by atoms with van der Waals surface area (Å²) < 4.78 is 0. The van der Waals surface area contributed by atoms with Crippen molar-refractivity contribution >= 4 is 17.4 Å². The fourth-order valence-electron chi connectivity index (χ4n) is 3.54. The topological polar surface area (TPSA) is 60.9 Å². The molecule has 0 saturated carbocycles. The maximum absolute atomic E-state index is 13.3. The highest BCUT2D eigenvalue weighted by atomic mass is 16.3. The van der Waals surface area contributed by atoms with E-state index in [4.69, 9.17) is 0 Å². The SMILES string of the molecule is Cc1ccc(CN2C(=O)C(c3ccc(C)cc3C)=C(N(C)CCO)C2=O)cc1. The van der Waals surface area contributed by atoms with Gasteiger partial charge in [-0.15, -0.1) is 0 Å². The summed E-state index contributed by atoms with van der Waals surface area (Å²) in [6.45, 7) is 6.34. The molecule has 0 fully saturated rings. The third-order valence-corrected chi connectivity index (χ3v) is 5.07. The van der Waals surface area contributed by atoms with Crippen LogP contribution in [0.3, 0.4) is 0 Å². The number of carbonyl (C=O) groups excluding carboxylic acids is 2. The van der Waals surface area contributed by atoms with Crippen LogP contribution in [0.4, 0.5) is 0 Å². The van der Waals surface area contributed by atoms with Gasteiger partial charge in [-0.05, 0) is 37.5 Å². The number of aliphatic hydroxyl groups excluding tert-OH is 1. The Kier molecular flexibility index (Phi) is 5.66. The van der Waals surface area contributed by atoms with Crippen molar-refractivity contribution in [2.45, 2.75) is 27.3 Å². The maximum Gasteiger partial charge on any atom is 0.278 e. The Balaban J connectivity index is 2.05. The molecule has 0 aliphatic carbocycles. The lowest BCUT2D eigenvalue weighted by atomic mass is 9.97. The van der Waals surface area contributed by atoms with Crippen LogP contribution in [0.5, 0.6) is 0 Å². The number of benzene rings is 2. The first-order valence-corrected chi connectivity index (χ1v) is 9.39. The first-order valence-electron chi connectivity index (χ1n) is 9.39. The average Bonchev–Trinajstić information content (AvgIpc) is 2.88. The Bertz CT molecular complexity index is 945. The van der Waals surface area contributed by atoms with Crippen LogP contribution in [0, 0.1) is 20.8 Å². The van der Waals surface area contributed by atoms with Crippen LogP contribution in [0.2, 0.25) is 0 Å². The highest BCUT2D eigenvalue weighted by molar-refractivity contribution is 6.35. The van der Waals surface area contributed by atoms with Crippen molar-refractivity contribution in [3.63, 3.8) is 0 Å². The lowest BCUT2D eigenvalue weighted by Crippen LogP contribution is -2.34. The largest absolute Gasteiger partial charge is 0.395 e. The van der Waals surface area contributed by atoms with E-state index in [1.165, 1.54) is 4.90 Å². The molecule has 5 nitrogen and oxygen atoms in total. The molecule has 2 aromatic rings. The smallest absolute Gasteiger partial charge is 0.278 e. The molecule has 0 aromatic heterocycles. The summed E-state index contributed by atoms with van der Waals surface area (Å²) in [6.07, 6.45) is 0. The van der Waals surface area contributed by atoms with Gasteiger partial charge in [0.1, 0.15) is 5.70 Å². The molecule has 0 unspecified atom stereocenters. The van der Waals surface area contributed by atoms with Crippen LogP contribution in [0.25, 0.3) is 5.57 Å². The maximum atomic E-state index is 13.3. The summed E-state index contributed by atoms with van der Waals surface area (Å²) >= 11 is 0. The molecule has 0 bridgehead atoms. The normalized spacial score (nSPS) is 14.2. The van der Waals surface area contributed by atoms with Crippen molar-refractivity contribution < 1.29 is 14.7 Å². The van der Waals surface area contributed by atoms with Crippen molar-refractivity contribution in [1.82, 2.24) is 9.80 Å². The molecule has 1 heterocycles. The van der Waals surface area contributed by atoms with Crippen LogP contribution >= 0.6 is 0 Å². The van der Waals surface area contributed by atoms with E-state index in [1.54, 1.807) is 11.9 Å². The zero-order chi connectivity index (χ0) is 20.4. The minimum atomic E-state index is -0.323. The Hall–Kier alpha value is -2.92. The van der Waals surface area contributed by atoms with Gasteiger partial charge in [-0.1, -0.05) is 53.6 Å². The van der Waals surface area contributed by atoms with Crippen molar-refractivity contribution in [3.8, 4) is 0 Å². The van der Waals surface area contributed by atoms with Gasteiger partial charge in [-0.25, -0.2) is 0 Å². The molecule has 1 aliphatic heterocycles. The van der Waals surface area contributed by atoms with Gasteiger partial charge in [0.05, 0.1) is 18.7 Å². The number of hydrogen-bond acceptors (Lipinski definition) is 4. The lowest BCUT2D eigenvalue weighted by molar-refractivity contribution is -0.138. The summed E-state index contributed by atoms with van der Waals surface area (Å²) in [7, 11) is 1.73. The number of rotatable bonds is 6. The molecule has 28 heavy (non-hydrogen) atoms. The third kappa shape index (κ3) is 3.71. The van der Waals surface area contributed by atoms with E-state index in [0.29, 0.717) is 11.3 Å². The van der Waals surface area contributed by atoms with Gasteiger partial charge >= 0.3 is 0 Å². The number of aryl methyl sites for hydroxylation is 3. The van der Waals surface area contributed by atoms with E-state index < -0.39 is 0 Å². The summed E-state index contributed by atoms with van der Waals surface area (Å²) in [6, 6.07) is 13.7. The molecular weight excluding hydrogens is 352 g/mol. The predicted molar refractivity (Wildman–Crippen MR) is 109 cm³/mol. The van der Waals surface area contributed by atoms with Crippen LogP contribution in [0.1, 0.15) is 27.8 Å². The van der Waals surface area contributed by atoms with Gasteiger partial charge in [0.2, 0.25) is 0 Å². The molecule has 1 aliphatic rings. The van der Waals surface area contributed by atoms with E-state index in [9.17, 15) is 14.7 Å². The number of hydrogen-bond donors (Lipinski definition) is 1. The molecule has 1 N–H and O–H groups in total. The number of imide groups is 1. The molecule has 2 aromatic carbocycles. The second-order valence-electron chi connectivity index (χ2n) is 7.37. The molecule has 0 spiro atoms. The molecule has 3 rings (SSSR count). The first-order chi connectivity index (χ1) is 13.3. The predicted octanol–water partition coefficient (Wildman–Crippen LogP) is 2.82. The van der Waals surface area contributed by atoms with Crippen LogP contribution < -0.4 is 0 Å². The minimum Gasteiger partial charge on any atom is -0.395 e. The summed E-state index contributed by atoms with van der Waals surface area (Å²) in [5.41, 5.74) is 5.58. The summed E-state index contributed by atoms with van der Waals surface area (Å²) in [5, 5.41) is 9.35. The van der Waals surface area contributed by atoms with Crippen LogP contribution in [-0.2, 0) is 16.1 Å². The second kappa shape index (κ2) is 7.98. The van der Waals surface area contributed by atoms with Crippen molar-refractivity contribution in [2.24, 2.45) is 0 Å². The van der Waals surface area contributed by atoms with Crippen molar-refractivity contribution in [2.75, 3.05) is 20.2 Å². The Labute approximate surface area is 165 Å². The fraction of sp³-hybridized carbons (Fsp3) is 0.304. The highest BCUT2D eigenvalue weighted by Gasteiger charge is 2.41. The molecular formula is C23H26N2O3. The monoisotopic (exact) mass is 378 g/mol. The molecule has 0 saturated heterocycles.